The Morgan fingerprint density at radius 1 is 1.44 bits per heavy atom. The minimum atomic E-state index is 0.478. The minimum absolute atomic E-state index is 0.478. The second-order valence-corrected chi connectivity index (χ2v) is 5.40. The molecule has 0 amide bonds. The highest BCUT2D eigenvalue weighted by atomic mass is 16.5. The van der Waals surface area contributed by atoms with Gasteiger partial charge in [0.1, 0.15) is 5.76 Å². The third-order valence-corrected chi connectivity index (χ3v) is 3.89. The molecule has 1 aliphatic rings. The maximum atomic E-state index is 5.61. The Balaban J connectivity index is 1.89. The lowest BCUT2D eigenvalue weighted by Crippen LogP contribution is -2.36. The summed E-state index contributed by atoms with van der Waals surface area (Å²) < 4.78 is 10.7. The molecule has 1 aromatic rings. The largest absolute Gasteiger partial charge is 0.468 e. The molecule has 18 heavy (non-hydrogen) atoms. The van der Waals surface area contributed by atoms with Crippen LogP contribution in [0.5, 0.6) is 0 Å². The number of unbranched alkanes of at least 4 members (excludes halogenated alkanes) is 1. The van der Waals surface area contributed by atoms with Crippen molar-refractivity contribution in [1.82, 2.24) is 4.90 Å². The van der Waals surface area contributed by atoms with Crippen LogP contribution in [0.1, 0.15) is 44.4 Å². The second kappa shape index (κ2) is 6.95. The fraction of sp³-hybridized carbons (Fsp3) is 0.733. The Kier molecular flexibility index (Phi) is 5.26. The number of furan rings is 1. The van der Waals surface area contributed by atoms with Crippen molar-refractivity contribution in [1.29, 1.82) is 0 Å². The van der Waals surface area contributed by atoms with Crippen molar-refractivity contribution in [2.45, 2.75) is 38.6 Å². The summed E-state index contributed by atoms with van der Waals surface area (Å²) in [5, 5.41) is 0. The summed E-state index contributed by atoms with van der Waals surface area (Å²) in [4.78, 5) is 2.58. The van der Waals surface area contributed by atoms with Gasteiger partial charge in [0.15, 0.2) is 0 Å². The first-order valence-electron chi connectivity index (χ1n) is 7.07. The third-order valence-electron chi connectivity index (χ3n) is 3.89. The number of hydrogen-bond donors (Lipinski definition) is 0. The first-order chi connectivity index (χ1) is 8.81. The molecular weight excluding hydrogens is 226 g/mol. The number of rotatable bonds is 6. The van der Waals surface area contributed by atoms with Crippen molar-refractivity contribution in [3.05, 3.63) is 24.2 Å². The lowest BCUT2D eigenvalue weighted by molar-refractivity contribution is 0.0958. The van der Waals surface area contributed by atoms with Crippen LogP contribution in [0.4, 0.5) is 0 Å². The van der Waals surface area contributed by atoms with E-state index in [1.54, 1.807) is 13.4 Å². The molecule has 2 rings (SSSR count). The summed E-state index contributed by atoms with van der Waals surface area (Å²) in [6.07, 6.45) is 6.67. The normalized spacial score (nSPS) is 25.4. The van der Waals surface area contributed by atoms with Crippen LogP contribution in [0, 0.1) is 5.92 Å². The Hall–Kier alpha value is -0.800. The lowest BCUT2D eigenvalue weighted by Gasteiger charge is -2.37. The molecule has 1 aromatic heterocycles. The standard InChI is InChI=1S/C15H25NO2/c1-13-7-9-16(8-3-4-10-17-2)14(12-13)15-6-5-11-18-15/h5-6,11,13-14H,3-4,7-10,12H2,1-2H3/t13-,14-/m0/s1. The van der Waals surface area contributed by atoms with Gasteiger partial charge in [-0.2, -0.15) is 0 Å². The molecule has 0 radical (unpaired) electrons. The number of methoxy groups -OCH3 is 1. The van der Waals surface area contributed by atoms with Gasteiger partial charge in [0, 0.05) is 13.7 Å². The van der Waals surface area contributed by atoms with Gasteiger partial charge < -0.3 is 9.15 Å². The lowest BCUT2D eigenvalue weighted by atomic mass is 9.91. The summed E-state index contributed by atoms with van der Waals surface area (Å²) in [7, 11) is 1.77. The molecule has 0 saturated carbocycles. The van der Waals surface area contributed by atoms with Crippen LogP contribution in [-0.2, 0) is 4.74 Å². The molecule has 3 nitrogen and oxygen atoms in total. The Bertz CT molecular complexity index is 323. The van der Waals surface area contributed by atoms with E-state index >= 15 is 0 Å². The highest BCUT2D eigenvalue weighted by Gasteiger charge is 2.28. The topological polar surface area (TPSA) is 25.6 Å². The molecule has 102 valence electrons. The van der Waals surface area contributed by atoms with Crippen LogP contribution < -0.4 is 0 Å². The van der Waals surface area contributed by atoms with Gasteiger partial charge in [-0.25, -0.2) is 0 Å². The Labute approximate surface area is 110 Å². The van der Waals surface area contributed by atoms with Crippen LogP contribution in [0.25, 0.3) is 0 Å². The zero-order valence-electron chi connectivity index (χ0n) is 11.6. The molecule has 0 aromatic carbocycles. The molecule has 2 heterocycles. The van der Waals surface area contributed by atoms with Crippen molar-refractivity contribution < 1.29 is 9.15 Å². The zero-order chi connectivity index (χ0) is 12.8. The molecule has 0 spiro atoms. The second-order valence-electron chi connectivity index (χ2n) is 5.40. The molecule has 1 saturated heterocycles. The first kappa shape index (κ1) is 13.6. The summed E-state index contributed by atoms with van der Waals surface area (Å²) in [6, 6.07) is 4.59. The highest BCUT2D eigenvalue weighted by Crippen LogP contribution is 2.34. The summed E-state index contributed by atoms with van der Waals surface area (Å²) in [6.45, 7) is 5.56. The van der Waals surface area contributed by atoms with Crippen molar-refractivity contribution in [3.8, 4) is 0 Å². The molecule has 0 aliphatic carbocycles. The number of likely N-dealkylation sites (tertiary alicyclic amines) is 1. The maximum Gasteiger partial charge on any atom is 0.120 e. The van der Waals surface area contributed by atoms with Crippen molar-refractivity contribution >= 4 is 0 Å². The Morgan fingerprint density at radius 2 is 2.33 bits per heavy atom. The van der Waals surface area contributed by atoms with Crippen molar-refractivity contribution in [3.63, 3.8) is 0 Å². The minimum Gasteiger partial charge on any atom is -0.468 e. The average molecular weight is 251 g/mol. The molecule has 0 N–H and O–H groups in total. The predicted octanol–water partition coefficient (Wildman–Crippen LogP) is 3.48. The van der Waals surface area contributed by atoms with E-state index in [0.717, 1.165) is 31.3 Å². The molecule has 3 heteroatoms. The monoisotopic (exact) mass is 251 g/mol. The van der Waals surface area contributed by atoms with Gasteiger partial charge in [-0.15, -0.1) is 0 Å². The SMILES string of the molecule is COCCCCN1CC[C@H](C)C[C@H]1c1ccco1. The van der Waals surface area contributed by atoms with Crippen molar-refractivity contribution in [2.75, 3.05) is 26.8 Å². The molecule has 1 fully saturated rings. The van der Waals surface area contributed by atoms with E-state index in [2.05, 4.69) is 17.9 Å². The van der Waals surface area contributed by atoms with Crippen LogP contribution in [-0.4, -0.2) is 31.7 Å². The van der Waals surface area contributed by atoms with Gasteiger partial charge in [-0.1, -0.05) is 6.92 Å². The number of piperidine rings is 1. The quantitative estimate of drug-likeness (QED) is 0.724. The number of hydrogen-bond acceptors (Lipinski definition) is 3. The first-order valence-corrected chi connectivity index (χ1v) is 7.07. The summed E-state index contributed by atoms with van der Waals surface area (Å²) in [5.74, 6) is 1.93. The summed E-state index contributed by atoms with van der Waals surface area (Å²) in [5.41, 5.74) is 0. The average Bonchev–Trinajstić information content (AvgIpc) is 2.90. The zero-order valence-corrected chi connectivity index (χ0v) is 11.6. The van der Waals surface area contributed by atoms with Crippen LogP contribution in [0.2, 0.25) is 0 Å². The molecule has 0 bridgehead atoms. The van der Waals surface area contributed by atoms with E-state index < -0.39 is 0 Å². The van der Waals surface area contributed by atoms with E-state index in [1.165, 1.54) is 25.8 Å². The van der Waals surface area contributed by atoms with Gasteiger partial charge in [-0.3, -0.25) is 4.90 Å². The third kappa shape index (κ3) is 3.59. The fourth-order valence-corrected chi connectivity index (χ4v) is 2.80. The number of nitrogens with zero attached hydrogens (tertiary/aromatic N) is 1. The van der Waals surface area contributed by atoms with Gasteiger partial charge in [0.2, 0.25) is 0 Å². The highest BCUT2D eigenvalue weighted by molar-refractivity contribution is 5.06. The van der Waals surface area contributed by atoms with E-state index in [0.29, 0.717) is 6.04 Å². The summed E-state index contributed by atoms with van der Waals surface area (Å²) >= 11 is 0. The van der Waals surface area contributed by atoms with Gasteiger partial charge in [0.25, 0.3) is 0 Å². The van der Waals surface area contributed by atoms with Crippen LogP contribution in [0.15, 0.2) is 22.8 Å². The molecule has 1 aliphatic heterocycles. The van der Waals surface area contributed by atoms with Gasteiger partial charge in [0.05, 0.1) is 12.3 Å². The van der Waals surface area contributed by atoms with Gasteiger partial charge in [-0.05, 0) is 56.8 Å². The smallest absolute Gasteiger partial charge is 0.120 e. The fourth-order valence-electron chi connectivity index (χ4n) is 2.80. The van der Waals surface area contributed by atoms with Crippen molar-refractivity contribution in [2.24, 2.45) is 5.92 Å². The number of ether oxygens (including phenoxy) is 1. The van der Waals surface area contributed by atoms with E-state index in [1.807, 2.05) is 6.07 Å². The van der Waals surface area contributed by atoms with E-state index in [9.17, 15) is 0 Å². The predicted molar refractivity (Wildman–Crippen MR) is 72.5 cm³/mol. The maximum absolute atomic E-state index is 5.61. The molecule has 0 unspecified atom stereocenters. The van der Waals surface area contributed by atoms with E-state index in [4.69, 9.17) is 9.15 Å². The van der Waals surface area contributed by atoms with Gasteiger partial charge >= 0.3 is 0 Å². The van der Waals surface area contributed by atoms with Crippen LogP contribution >= 0.6 is 0 Å². The van der Waals surface area contributed by atoms with E-state index in [-0.39, 0.29) is 0 Å². The molecule has 2 atom stereocenters. The Morgan fingerprint density at radius 3 is 3.06 bits per heavy atom. The molecular formula is C15H25NO2. The van der Waals surface area contributed by atoms with Crippen LogP contribution in [0.3, 0.4) is 0 Å².